The molecule has 0 saturated heterocycles. The second kappa shape index (κ2) is 6.11. The number of carbonyl (C=O) groups is 1. The SMILES string of the molecule is CCCC(CC)NC(=O)[C@H](N)C(C)(C)C. The molecule has 0 aliphatic heterocycles. The highest BCUT2D eigenvalue weighted by atomic mass is 16.2. The minimum Gasteiger partial charge on any atom is -0.352 e. The molecule has 0 aromatic carbocycles. The molecule has 0 radical (unpaired) electrons. The third-order valence-corrected chi connectivity index (χ3v) is 2.69. The van der Waals surface area contributed by atoms with Gasteiger partial charge in [-0.05, 0) is 18.3 Å². The highest BCUT2D eigenvalue weighted by Crippen LogP contribution is 2.17. The summed E-state index contributed by atoms with van der Waals surface area (Å²) in [6, 6.07) is -0.153. The van der Waals surface area contributed by atoms with Gasteiger partial charge in [-0.15, -0.1) is 0 Å². The molecule has 90 valence electrons. The summed E-state index contributed by atoms with van der Waals surface area (Å²) in [6.45, 7) is 10.2. The van der Waals surface area contributed by atoms with Crippen molar-refractivity contribution < 1.29 is 4.79 Å². The van der Waals surface area contributed by atoms with Crippen molar-refractivity contribution in [1.82, 2.24) is 5.32 Å². The second-order valence-corrected chi connectivity index (χ2v) is 5.25. The fourth-order valence-electron chi connectivity index (χ4n) is 1.41. The summed E-state index contributed by atoms with van der Waals surface area (Å²) in [6.07, 6.45) is 3.08. The van der Waals surface area contributed by atoms with E-state index >= 15 is 0 Å². The van der Waals surface area contributed by atoms with Crippen molar-refractivity contribution >= 4 is 5.91 Å². The molecule has 0 bridgehead atoms. The Morgan fingerprint density at radius 3 is 2.20 bits per heavy atom. The number of hydrogen-bond acceptors (Lipinski definition) is 2. The van der Waals surface area contributed by atoms with E-state index in [9.17, 15) is 4.79 Å². The van der Waals surface area contributed by atoms with Gasteiger partial charge in [0.2, 0.25) is 5.91 Å². The largest absolute Gasteiger partial charge is 0.352 e. The summed E-state index contributed by atoms with van der Waals surface area (Å²) in [7, 11) is 0. The minimum absolute atomic E-state index is 0.0252. The van der Waals surface area contributed by atoms with Gasteiger partial charge < -0.3 is 11.1 Å². The number of hydrogen-bond donors (Lipinski definition) is 2. The topological polar surface area (TPSA) is 55.1 Å². The predicted octanol–water partition coefficient (Wildman–Crippen LogP) is 2.05. The van der Waals surface area contributed by atoms with Gasteiger partial charge in [-0.25, -0.2) is 0 Å². The maximum absolute atomic E-state index is 11.8. The molecule has 0 spiro atoms. The monoisotopic (exact) mass is 214 g/mol. The molecule has 0 fully saturated rings. The van der Waals surface area contributed by atoms with Gasteiger partial charge >= 0.3 is 0 Å². The number of rotatable bonds is 5. The third-order valence-electron chi connectivity index (χ3n) is 2.69. The lowest BCUT2D eigenvalue weighted by atomic mass is 9.86. The lowest BCUT2D eigenvalue weighted by molar-refractivity contribution is -0.125. The first kappa shape index (κ1) is 14.4. The third kappa shape index (κ3) is 5.17. The molecular weight excluding hydrogens is 188 g/mol. The van der Waals surface area contributed by atoms with E-state index in [1.807, 2.05) is 20.8 Å². The van der Waals surface area contributed by atoms with E-state index in [0.29, 0.717) is 0 Å². The zero-order chi connectivity index (χ0) is 12.1. The van der Waals surface area contributed by atoms with Crippen LogP contribution in [0.25, 0.3) is 0 Å². The van der Waals surface area contributed by atoms with Crippen LogP contribution in [0.5, 0.6) is 0 Å². The summed E-state index contributed by atoms with van der Waals surface area (Å²) in [4.78, 5) is 11.8. The van der Waals surface area contributed by atoms with Gasteiger partial charge in [-0.3, -0.25) is 4.79 Å². The summed E-state index contributed by atoms with van der Waals surface area (Å²) >= 11 is 0. The quantitative estimate of drug-likeness (QED) is 0.736. The van der Waals surface area contributed by atoms with E-state index in [-0.39, 0.29) is 17.4 Å². The first-order valence-electron chi connectivity index (χ1n) is 5.88. The maximum Gasteiger partial charge on any atom is 0.237 e. The zero-order valence-electron chi connectivity index (χ0n) is 10.8. The van der Waals surface area contributed by atoms with Crippen LogP contribution in [-0.4, -0.2) is 18.0 Å². The molecule has 2 atom stereocenters. The van der Waals surface area contributed by atoms with Crippen LogP contribution in [0.15, 0.2) is 0 Å². The van der Waals surface area contributed by atoms with E-state index in [2.05, 4.69) is 19.2 Å². The Morgan fingerprint density at radius 1 is 1.33 bits per heavy atom. The van der Waals surface area contributed by atoms with Crippen LogP contribution in [0.4, 0.5) is 0 Å². The van der Waals surface area contributed by atoms with Crippen LogP contribution in [0.3, 0.4) is 0 Å². The highest BCUT2D eigenvalue weighted by molar-refractivity contribution is 5.82. The van der Waals surface area contributed by atoms with Crippen molar-refractivity contribution in [3.63, 3.8) is 0 Å². The average molecular weight is 214 g/mol. The Bertz CT molecular complexity index is 196. The summed E-state index contributed by atoms with van der Waals surface area (Å²) < 4.78 is 0. The Kier molecular flexibility index (Phi) is 5.88. The van der Waals surface area contributed by atoms with Crippen molar-refractivity contribution in [1.29, 1.82) is 0 Å². The van der Waals surface area contributed by atoms with E-state index in [0.717, 1.165) is 19.3 Å². The minimum atomic E-state index is -0.427. The van der Waals surface area contributed by atoms with E-state index in [4.69, 9.17) is 5.73 Å². The number of amides is 1. The van der Waals surface area contributed by atoms with Crippen LogP contribution in [-0.2, 0) is 4.79 Å². The van der Waals surface area contributed by atoms with Crippen LogP contribution >= 0.6 is 0 Å². The van der Waals surface area contributed by atoms with Crippen molar-refractivity contribution in [3.8, 4) is 0 Å². The molecular formula is C12H26N2O. The van der Waals surface area contributed by atoms with Crippen LogP contribution < -0.4 is 11.1 Å². The highest BCUT2D eigenvalue weighted by Gasteiger charge is 2.28. The molecule has 3 nitrogen and oxygen atoms in total. The number of nitrogens with two attached hydrogens (primary N) is 1. The fourth-order valence-corrected chi connectivity index (χ4v) is 1.41. The molecule has 1 amide bonds. The van der Waals surface area contributed by atoms with E-state index < -0.39 is 6.04 Å². The van der Waals surface area contributed by atoms with E-state index in [1.165, 1.54) is 0 Å². The molecule has 0 aromatic heterocycles. The Balaban J connectivity index is 4.22. The Labute approximate surface area is 93.8 Å². The normalized spacial score (nSPS) is 15.9. The maximum atomic E-state index is 11.8. The molecule has 0 rings (SSSR count). The predicted molar refractivity (Wildman–Crippen MR) is 64.6 cm³/mol. The first-order chi connectivity index (χ1) is 6.82. The van der Waals surface area contributed by atoms with Gasteiger partial charge in [0, 0.05) is 6.04 Å². The molecule has 3 heteroatoms. The molecule has 0 aliphatic carbocycles. The molecule has 0 aliphatic rings. The molecule has 0 heterocycles. The fraction of sp³-hybridized carbons (Fsp3) is 0.917. The van der Waals surface area contributed by atoms with E-state index in [1.54, 1.807) is 0 Å². The number of carbonyl (C=O) groups excluding carboxylic acids is 1. The van der Waals surface area contributed by atoms with Gasteiger partial charge in [0.15, 0.2) is 0 Å². The molecule has 0 aromatic rings. The van der Waals surface area contributed by atoms with Gasteiger partial charge in [0.1, 0.15) is 0 Å². The molecule has 15 heavy (non-hydrogen) atoms. The number of nitrogens with one attached hydrogen (secondary N) is 1. The van der Waals surface area contributed by atoms with Crippen LogP contribution in [0, 0.1) is 5.41 Å². The lowest BCUT2D eigenvalue weighted by Gasteiger charge is -2.28. The summed E-state index contributed by atoms with van der Waals surface area (Å²) in [5.41, 5.74) is 5.71. The van der Waals surface area contributed by atoms with Crippen molar-refractivity contribution in [2.24, 2.45) is 11.1 Å². The van der Waals surface area contributed by atoms with Crippen molar-refractivity contribution in [3.05, 3.63) is 0 Å². The standard InChI is InChI=1S/C12H26N2O/c1-6-8-9(7-2)14-11(15)10(13)12(3,4)5/h9-10H,6-8,13H2,1-5H3,(H,14,15)/t9?,10-/m0/s1. The first-order valence-corrected chi connectivity index (χ1v) is 5.88. The van der Waals surface area contributed by atoms with Gasteiger partial charge in [-0.1, -0.05) is 41.0 Å². The Hall–Kier alpha value is -0.570. The summed E-state index contributed by atoms with van der Waals surface area (Å²) in [5.74, 6) is -0.0252. The van der Waals surface area contributed by atoms with Crippen molar-refractivity contribution in [2.45, 2.75) is 66.0 Å². The summed E-state index contributed by atoms with van der Waals surface area (Å²) in [5, 5.41) is 3.01. The lowest BCUT2D eigenvalue weighted by Crippen LogP contribution is -2.51. The van der Waals surface area contributed by atoms with Crippen LogP contribution in [0.1, 0.15) is 53.9 Å². The Morgan fingerprint density at radius 2 is 1.87 bits per heavy atom. The molecule has 1 unspecified atom stereocenters. The van der Waals surface area contributed by atoms with Gasteiger partial charge in [-0.2, -0.15) is 0 Å². The zero-order valence-corrected chi connectivity index (χ0v) is 10.8. The van der Waals surface area contributed by atoms with Crippen LogP contribution in [0.2, 0.25) is 0 Å². The average Bonchev–Trinajstić information content (AvgIpc) is 2.14. The van der Waals surface area contributed by atoms with Gasteiger partial charge in [0.05, 0.1) is 6.04 Å². The second-order valence-electron chi connectivity index (χ2n) is 5.25. The molecule has 3 N–H and O–H groups in total. The van der Waals surface area contributed by atoms with Gasteiger partial charge in [0.25, 0.3) is 0 Å². The molecule has 0 saturated carbocycles. The smallest absolute Gasteiger partial charge is 0.237 e. The van der Waals surface area contributed by atoms with Crippen molar-refractivity contribution in [2.75, 3.05) is 0 Å².